The second-order valence-electron chi connectivity index (χ2n) is 4.09. The highest BCUT2D eigenvalue weighted by Crippen LogP contribution is 2.10. The van der Waals surface area contributed by atoms with Gasteiger partial charge >= 0.3 is 6.03 Å². The molecule has 0 aliphatic rings. The second kappa shape index (κ2) is 7.06. The van der Waals surface area contributed by atoms with Gasteiger partial charge in [0.15, 0.2) is 5.78 Å². The number of hydrogen-bond acceptors (Lipinski definition) is 3. The van der Waals surface area contributed by atoms with Gasteiger partial charge in [-0.25, -0.2) is 4.79 Å². The summed E-state index contributed by atoms with van der Waals surface area (Å²) in [5, 5.41) is 5.56. The van der Waals surface area contributed by atoms with Crippen molar-refractivity contribution >= 4 is 29.3 Å². The number of carbonyl (C=O) groups excluding carboxylic acids is 2. The summed E-state index contributed by atoms with van der Waals surface area (Å²) < 4.78 is 0. The van der Waals surface area contributed by atoms with Crippen LogP contribution in [0.25, 0.3) is 0 Å². The largest absolute Gasteiger partial charge is 0.335 e. The maximum Gasteiger partial charge on any atom is 0.319 e. The van der Waals surface area contributed by atoms with Crippen molar-refractivity contribution in [3.8, 4) is 0 Å². The van der Waals surface area contributed by atoms with Gasteiger partial charge in [-0.05, 0) is 44.4 Å². The van der Waals surface area contributed by atoms with Gasteiger partial charge in [-0.15, -0.1) is 0 Å². The van der Waals surface area contributed by atoms with Gasteiger partial charge in [0.05, 0.1) is 0 Å². The molecule has 1 aromatic rings. The van der Waals surface area contributed by atoms with E-state index in [1.165, 1.54) is 6.92 Å². The molecular formula is C13H18N2O2S. The van der Waals surface area contributed by atoms with E-state index in [2.05, 4.69) is 10.6 Å². The fraction of sp³-hybridized carbons (Fsp3) is 0.385. The third-order valence-corrected chi connectivity index (χ3v) is 3.18. The van der Waals surface area contributed by atoms with Crippen LogP contribution in [0.3, 0.4) is 0 Å². The Morgan fingerprint density at radius 3 is 2.39 bits per heavy atom. The van der Waals surface area contributed by atoms with E-state index >= 15 is 0 Å². The van der Waals surface area contributed by atoms with Crippen LogP contribution in [-0.4, -0.2) is 29.9 Å². The SMILES string of the molecule is CSCC(C)NC(=O)Nc1ccc(C(C)=O)cc1. The molecule has 1 atom stereocenters. The summed E-state index contributed by atoms with van der Waals surface area (Å²) in [6, 6.07) is 6.72. The molecule has 0 heterocycles. The highest BCUT2D eigenvalue weighted by atomic mass is 32.2. The zero-order chi connectivity index (χ0) is 13.5. The van der Waals surface area contributed by atoms with Crippen LogP contribution in [0.5, 0.6) is 0 Å². The van der Waals surface area contributed by atoms with Crippen molar-refractivity contribution in [1.82, 2.24) is 5.32 Å². The van der Waals surface area contributed by atoms with Crippen LogP contribution in [0.2, 0.25) is 0 Å². The molecule has 0 spiro atoms. The van der Waals surface area contributed by atoms with Gasteiger partial charge < -0.3 is 10.6 Å². The number of nitrogens with one attached hydrogen (secondary N) is 2. The Hall–Kier alpha value is -1.49. The summed E-state index contributed by atoms with van der Waals surface area (Å²) in [5.74, 6) is 0.885. The lowest BCUT2D eigenvalue weighted by molar-refractivity contribution is 0.101. The Bertz CT molecular complexity index is 418. The molecule has 1 unspecified atom stereocenters. The Labute approximate surface area is 112 Å². The first-order chi connectivity index (χ1) is 8.52. The predicted molar refractivity (Wildman–Crippen MR) is 76.4 cm³/mol. The van der Waals surface area contributed by atoms with Gasteiger partial charge in [-0.3, -0.25) is 4.79 Å². The molecule has 1 rings (SSSR count). The van der Waals surface area contributed by atoms with Crippen LogP contribution in [0.4, 0.5) is 10.5 Å². The number of benzene rings is 1. The van der Waals surface area contributed by atoms with Crippen LogP contribution in [0.1, 0.15) is 24.2 Å². The number of hydrogen-bond donors (Lipinski definition) is 2. The van der Waals surface area contributed by atoms with Crippen molar-refractivity contribution in [1.29, 1.82) is 0 Å². The van der Waals surface area contributed by atoms with Gasteiger partial charge in [-0.2, -0.15) is 11.8 Å². The average Bonchev–Trinajstić information content (AvgIpc) is 2.29. The fourth-order valence-corrected chi connectivity index (χ4v) is 2.05. The summed E-state index contributed by atoms with van der Waals surface area (Å²) in [5.41, 5.74) is 1.31. The van der Waals surface area contributed by atoms with E-state index < -0.39 is 0 Å². The molecule has 98 valence electrons. The van der Waals surface area contributed by atoms with Crippen molar-refractivity contribution in [2.24, 2.45) is 0 Å². The summed E-state index contributed by atoms with van der Waals surface area (Å²) in [6.07, 6.45) is 2.00. The minimum absolute atomic E-state index is 0.0135. The molecule has 0 aliphatic heterocycles. The zero-order valence-electron chi connectivity index (χ0n) is 10.8. The number of urea groups is 1. The van der Waals surface area contributed by atoms with Crippen LogP contribution in [0, 0.1) is 0 Å². The van der Waals surface area contributed by atoms with Crippen LogP contribution < -0.4 is 10.6 Å². The molecule has 0 saturated carbocycles. The molecule has 2 N–H and O–H groups in total. The predicted octanol–water partition coefficient (Wildman–Crippen LogP) is 2.76. The van der Waals surface area contributed by atoms with Crippen LogP contribution in [0.15, 0.2) is 24.3 Å². The molecule has 0 fully saturated rings. The standard InChI is InChI=1S/C13H18N2O2S/c1-9(8-18-3)14-13(17)15-12-6-4-11(5-7-12)10(2)16/h4-7,9H,8H2,1-3H3,(H2,14,15,17). The third-order valence-electron chi connectivity index (χ3n) is 2.34. The molecule has 5 heteroatoms. The minimum Gasteiger partial charge on any atom is -0.335 e. The number of rotatable bonds is 5. The lowest BCUT2D eigenvalue weighted by atomic mass is 10.1. The summed E-state index contributed by atoms with van der Waals surface area (Å²) in [7, 11) is 0. The maximum absolute atomic E-state index is 11.6. The first-order valence-electron chi connectivity index (χ1n) is 5.70. The maximum atomic E-state index is 11.6. The average molecular weight is 266 g/mol. The Morgan fingerprint density at radius 1 is 1.28 bits per heavy atom. The summed E-state index contributed by atoms with van der Waals surface area (Å²) in [4.78, 5) is 22.7. The number of ketones is 1. The first-order valence-corrected chi connectivity index (χ1v) is 7.09. The molecule has 0 aliphatic carbocycles. The van der Waals surface area contributed by atoms with Crippen LogP contribution in [-0.2, 0) is 0 Å². The van der Waals surface area contributed by atoms with Crippen molar-refractivity contribution in [3.63, 3.8) is 0 Å². The summed E-state index contributed by atoms with van der Waals surface area (Å²) >= 11 is 1.68. The zero-order valence-corrected chi connectivity index (χ0v) is 11.6. The molecule has 0 aromatic heterocycles. The Morgan fingerprint density at radius 2 is 1.89 bits per heavy atom. The Balaban J connectivity index is 2.51. The van der Waals surface area contributed by atoms with E-state index in [1.807, 2.05) is 13.2 Å². The van der Waals surface area contributed by atoms with Gasteiger partial charge in [-0.1, -0.05) is 0 Å². The number of amides is 2. The molecule has 2 amide bonds. The molecule has 0 bridgehead atoms. The molecule has 4 nitrogen and oxygen atoms in total. The third kappa shape index (κ3) is 4.79. The quantitative estimate of drug-likeness (QED) is 0.806. The molecule has 0 radical (unpaired) electrons. The molecule has 0 saturated heterocycles. The van der Waals surface area contributed by atoms with Crippen molar-refractivity contribution < 1.29 is 9.59 Å². The number of Topliss-reactive ketones (excluding diaryl/α,β-unsaturated/α-hetero) is 1. The monoisotopic (exact) mass is 266 g/mol. The van der Waals surface area contributed by atoms with Crippen LogP contribution >= 0.6 is 11.8 Å². The first kappa shape index (κ1) is 14.6. The second-order valence-corrected chi connectivity index (χ2v) is 5.00. The normalized spacial score (nSPS) is 11.7. The highest BCUT2D eigenvalue weighted by molar-refractivity contribution is 7.98. The van der Waals surface area contributed by atoms with E-state index in [-0.39, 0.29) is 17.9 Å². The van der Waals surface area contributed by atoms with E-state index in [0.717, 1.165) is 5.75 Å². The molecule has 18 heavy (non-hydrogen) atoms. The minimum atomic E-state index is -0.230. The van der Waals surface area contributed by atoms with Crippen molar-refractivity contribution in [2.75, 3.05) is 17.3 Å². The van der Waals surface area contributed by atoms with Crippen molar-refractivity contribution in [3.05, 3.63) is 29.8 Å². The lowest BCUT2D eigenvalue weighted by Gasteiger charge is -2.13. The van der Waals surface area contributed by atoms with Gasteiger partial charge in [0.2, 0.25) is 0 Å². The van der Waals surface area contributed by atoms with Gasteiger partial charge in [0.1, 0.15) is 0 Å². The molecule has 1 aromatic carbocycles. The fourth-order valence-electron chi connectivity index (χ4n) is 1.47. The van der Waals surface area contributed by atoms with E-state index in [1.54, 1.807) is 36.0 Å². The lowest BCUT2D eigenvalue weighted by Crippen LogP contribution is -2.37. The van der Waals surface area contributed by atoms with Gasteiger partial charge in [0, 0.05) is 23.0 Å². The topological polar surface area (TPSA) is 58.2 Å². The number of anilines is 1. The van der Waals surface area contributed by atoms with E-state index in [9.17, 15) is 9.59 Å². The Kier molecular flexibility index (Phi) is 5.71. The number of thioether (sulfide) groups is 1. The van der Waals surface area contributed by atoms with Gasteiger partial charge in [0.25, 0.3) is 0 Å². The summed E-state index contributed by atoms with van der Waals surface area (Å²) in [6.45, 7) is 3.47. The smallest absolute Gasteiger partial charge is 0.319 e. The highest BCUT2D eigenvalue weighted by Gasteiger charge is 2.06. The van der Waals surface area contributed by atoms with E-state index in [4.69, 9.17) is 0 Å². The molecular weight excluding hydrogens is 248 g/mol. The van der Waals surface area contributed by atoms with Crippen molar-refractivity contribution in [2.45, 2.75) is 19.9 Å². The number of carbonyl (C=O) groups is 2. The van der Waals surface area contributed by atoms with E-state index in [0.29, 0.717) is 11.3 Å².